The highest BCUT2D eigenvalue weighted by atomic mass is 16.2. The van der Waals surface area contributed by atoms with E-state index in [9.17, 15) is 9.59 Å². The lowest BCUT2D eigenvalue weighted by Crippen LogP contribution is -2.58. The molecule has 0 spiro atoms. The Labute approximate surface area is 182 Å². The standard InChI is InChI=1S/C25H39N3O2/c1-4-20-9-11-22(12-10-20)25(30)28-17-15-27(16-18-28)23(21-7-5-6-8-21)24(29)26-14-13-19(2)3/h9-12,19,21,23H,4-8,13-18H2,1-3H3,(H,26,29)/t23-/m0/s1. The van der Waals surface area contributed by atoms with E-state index in [-0.39, 0.29) is 17.9 Å². The van der Waals surface area contributed by atoms with Crippen LogP contribution in [0.15, 0.2) is 24.3 Å². The molecular weight excluding hydrogens is 374 g/mol. The zero-order valence-corrected chi connectivity index (χ0v) is 19.0. The second kappa shape index (κ2) is 10.9. The van der Waals surface area contributed by atoms with E-state index in [1.54, 1.807) is 0 Å². The molecule has 1 aliphatic heterocycles. The molecule has 3 rings (SSSR count). The Kier molecular flexibility index (Phi) is 8.32. The van der Waals surface area contributed by atoms with E-state index in [1.807, 2.05) is 29.2 Å². The van der Waals surface area contributed by atoms with Gasteiger partial charge in [-0.05, 0) is 55.2 Å². The number of hydrogen-bond donors (Lipinski definition) is 1. The molecule has 5 heteroatoms. The normalized spacial score (nSPS) is 19.3. The van der Waals surface area contributed by atoms with Crippen molar-refractivity contribution in [2.24, 2.45) is 11.8 Å². The Bertz CT molecular complexity index is 687. The number of piperazine rings is 1. The summed E-state index contributed by atoms with van der Waals surface area (Å²) in [5, 5.41) is 3.20. The molecule has 0 unspecified atom stereocenters. The first-order valence-electron chi connectivity index (χ1n) is 11.9. The van der Waals surface area contributed by atoms with Gasteiger partial charge in [0.15, 0.2) is 0 Å². The van der Waals surface area contributed by atoms with Gasteiger partial charge in [0.25, 0.3) is 5.91 Å². The van der Waals surface area contributed by atoms with Gasteiger partial charge in [0.05, 0.1) is 6.04 Å². The van der Waals surface area contributed by atoms with Crippen molar-refractivity contribution < 1.29 is 9.59 Å². The lowest BCUT2D eigenvalue weighted by molar-refractivity contribution is -0.129. The summed E-state index contributed by atoms with van der Waals surface area (Å²) in [6.45, 7) is 10.2. The van der Waals surface area contributed by atoms with Crippen molar-refractivity contribution >= 4 is 11.8 Å². The van der Waals surface area contributed by atoms with Crippen molar-refractivity contribution in [3.8, 4) is 0 Å². The van der Waals surface area contributed by atoms with Gasteiger partial charge >= 0.3 is 0 Å². The number of carbonyl (C=O) groups is 2. The van der Waals surface area contributed by atoms with Crippen molar-refractivity contribution in [3.63, 3.8) is 0 Å². The maximum Gasteiger partial charge on any atom is 0.253 e. The molecule has 166 valence electrons. The van der Waals surface area contributed by atoms with Gasteiger partial charge in [-0.15, -0.1) is 0 Å². The zero-order valence-electron chi connectivity index (χ0n) is 19.0. The van der Waals surface area contributed by atoms with Crippen molar-refractivity contribution in [2.75, 3.05) is 32.7 Å². The highest BCUT2D eigenvalue weighted by molar-refractivity contribution is 5.94. The maximum atomic E-state index is 13.1. The van der Waals surface area contributed by atoms with E-state index in [4.69, 9.17) is 0 Å². The van der Waals surface area contributed by atoms with E-state index in [0.717, 1.165) is 50.9 Å². The number of rotatable bonds is 8. The molecule has 0 aromatic heterocycles. The molecule has 30 heavy (non-hydrogen) atoms. The van der Waals surface area contributed by atoms with Crippen LogP contribution in [0.4, 0.5) is 0 Å². The van der Waals surface area contributed by atoms with Gasteiger partial charge in [-0.1, -0.05) is 45.7 Å². The number of benzene rings is 1. The molecule has 0 bridgehead atoms. The van der Waals surface area contributed by atoms with Crippen LogP contribution in [0.25, 0.3) is 0 Å². The monoisotopic (exact) mass is 413 g/mol. The fourth-order valence-corrected chi connectivity index (χ4v) is 4.81. The molecule has 5 nitrogen and oxygen atoms in total. The molecule has 1 saturated heterocycles. The van der Waals surface area contributed by atoms with Gasteiger partial charge in [0, 0.05) is 38.3 Å². The topological polar surface area (TPSA) is 52.7 Å². The van der Waals surface area contributed by atoms with Crippen LogP contribution >= 0.6 is 0 Å². The Morgan fingerprint density at radius 1 is 1.03 bits per heavy atom. The van der Waals surface area contributed by atoms with Crippen molar-refractivity contribution in [1.82, 2.24) is 15.1 Å². The van der Waals surface area contributed by atoms with Gasteiger partial charge < -0.3 is 10.2 Å². The van der Waals surface area contributed by atoms with Crippen LogP contribution in [0.5, 0.6) is 0 Å². The minimum absolute atomic E-state index is 0.0410. The third-order valence-corrected chi connectivity index (χ3v) is 6.74. The van der Waals surface area contributed by atoms with Crippen LogP contribution in [0.1, 0.15) is 68.8 Å². The van der Waals surface area contributed by atoms with Crippen LogP contribution in [-0.4, -0.2) is 60.4 Å². The zero-order chi connectivity index (χ0) is 21.5. The van der Waals surface area contributed by atoms with Gasteiger partial charge in [0.2, 0.25) is 5.91 Å². The first-order valence-corrected chi connectivity index (χ1v) is 11.9. The fourth-order valence-electron chi connectivity index (χ4n) is 4.81. The number of amides is 2. The average Bonchev–Trinajstić information content (AvgIpc) is 3.28. The quantitative estimate of drug-likeness (QED) is 0.707. The molecule has 1 heterocycles. The number of hydrogen-bond acceptors (Lipinski definition) is 3. The first kappa shape index (κ1) is 22.8. The summed E-state index contributed by atoms with van der Waals surface area (Å²) < 4.78 is 0. The number of aryl methyl sites for hydroxylation is 1. The summed E-state index contributed by atoms with van der Waals surface area (Å²) in [7, 11) is 0. The van der Waals surface area contributed by atoms with Gasteiger partial charge in [-0.25, -0.2) is 0 Å². The Morgan fingerprint density at radius 2 is 1.67 bits per heavy atom. The molecule has 1 atom stereocenters. The molecule has 2 aliphatic rings. The third kappa shape index (κ3) is 5.84. The minimum Gasteiger partial charge on any atom is -0.355 e. The molecule has 1 N–H and O–H groups in total. The van der Waals surface area contributed by atoms with E-state index in [2.05, 4.69) is 31.0 Å². The highest BCUT2D eigenvalue weighted by Gasteiger charge is 2.37. The molecule has 2 amide bonds. The Morgan fingerprint density at radius 3 is 2.23 bits per heavy atom. The minimum atomic E-state index is -0.0410. The van der Waals surface area contributed by atoms with Crippen LogP contribution in [-0.2, 0) is 11.2 Å². The lowest BCUT2D eigenvalue weighted by Gasteiger charge is -2.40. The van der Waals surface area contributed by atoms with Crippen molar-refractivity contribution in [3.05, 3.63) is 35.4 Å². The molecule has 1 aliphatic carbocycles. The summed E-state index contributed by atoms with van der Waals surface area (Å²) in [4.78, 5) is 30.3. The summed E-state index contributed by atoms with van der Waals surface area (Å²) in [6.07, 6.45) is 6.74. The molecular formula is C25H39N3O2. The van der Waals surface area contributed by atoms with E-state index in [1.165, 1.54) is 18.4 Å². The highest BCUT2D eigenvalue weighted by Crippen LogP contribution is 2.31. The average molecular weight is 414 g/mol. The van der Waals surface area contributed by atoms with Crippen LogP contribution in [0.3, 0.4) is 0 Å². The summed E-state index contributed by atoms with van der Waals surface area (Å²) >= 11 is 0. The molecule has 1 aromatic carbocycles. The van der Waals surface area contributed by atoms with Crippen molar-refractivity contribution in [2.45, 2.75) is 65.3 Å². The summed E-state index contributed by atoms with van der Waals surface area (Å²) in [5.41, 5.74) is 2.01. The number of nitrogens with zero attached hydrogens (tertiary/aromatic N) is 2. The second-order valence-corrected chi connectivity index (χ2v) is 9.34. The molecule has 1 aromatic rings. The Balaban J connectivity index is 1.59. The third-order valence-electron chi connectivity index (χ3n) is 6.74. The Hall–Kier alpha value is -1.88. The first-order chi connectivity index (χ1) is 14.5. The van der Waals surface area contributed by atoms with E-state index < -0.39 is 0 Å². The molecule has 0 radical (unpaired) electrons. The predicted octanol–water partition coefficient (Wildman–Crippen LogP) is 3.73. The predicted molar refractivity (Wildman–Crippen MR) is 122 cm³/mol. The maximum absolute atomic E-state index is 13.1. The fraction of sp³-hybridized carbons (Fsp3) is 0.680. The lowest BCUT2D eigenvalue weighted by atomic mass is 9.94. The number of carbonyl (C=O) groups excluding carboxylic acids is 2. The smallest absolute Gasteiger partial charge is 0.253 e. The molecule has 1 saturated carbocycles. The van der Waals surface area contributed by atoms with E-state index in [0.29, 0.717) is 24.9 Å². The number of nitrogens with one attached hydrogen (secondary N) is 1. The van der Waals surface area contributed by atoms with Gasteiger partial charge in [-0.2, -0.15) is 0 Å². The van der Waals surface area contributed by atoms with Crippen molar-refractivity contribution in [1.29, 1.82) is 0 Å². The summed E-state index contributed by atoms with van der Waals surface area (Å²) in [6, 6.07) is 7.93. The second-order valence-electron chi connectivity index (χ2n) is 9.34. The summed E-state index contributed by atoms with van der Waals surface area (Å²) in [5.74, 6) is 1.35. The van der Waals surface area contributed by atoms with Crippen LogP contribution in [0, 0.1) is 11.8 Å². The molecule has 2 fully saturated rings. The van der Waals surface area contributed by atoms with Gasteiger partial charge in [0.1, 0.15) is 0 Å². The van der Waals surface area contributed by atoms with Crippen LogP contribution in [0.2, 0.25) is 0 Å². The largest absolute Gasteiger partial charge is 0.355 e. The SMILES string of the molecule is CCc1ccc(C(=O)N2CCN([C@H](C(=O)NCCC(C)C)C3CCCC3)CC2)cc1. The van der Waals surface area contributed by atoms with Crippen LogP contribution < -0.4 is 5.32 Å². The van der Waals surface area contributed by atoms with E-state index >= 15 is 0 Å². The van der Waals surface area contributed by atoms with Gasteiger partial charge in [-0.3, -0.25) is 14.5 Å².